The number of nitrogens with zero attached hydrogens (tertiary/aromatic N) is 1. The molecular formula is C14H23NO. The van der Waals surface area contributed by atoms with Crippen LogP contribution in [0.4, 0.5) is 5.69 Å². The zero-order valence-electron chi connectivity index (χ0n) is 10.8. The maximum absolute atomic E-state index is 10.0. The van der Waals surface area contributed by atoms with Crippen LogP contribution in [0, 0.1) is 0 Å². The van der Waals surface area contributed by atoms with Crippen LogP contribution in [0.1, 0.15) is 45.8 Å². The number of anilines is 1. The van der Waals surface area contributed by atoms with Crippen LogP contribution in [0.3, 0.4) is 0 Å². The second kappa shape index (κ2) is 5.90. The van der Waals surface area contributed by atoms with Gasteiger partial charge in [0.1, 0.15) is 0 Å². The van der Waals surface area contributed by atoms with Crippen molar-refractivity contribution in [3.8, 4) is 0 Å². The molecular weight excluding hydrogens is 198 g/mol. The van der Waals surface area contributed by atoms with Gasteiger partial charge in [0, 0.05) is 23.8 Å². The van der Waals surface area contributed by atoms with Crippen molar-refractivity contribution >= 4 is 5.69 Å². The zero-order chi connectivity index (χ0) is 12.1. The fourth-order valence-corrected chi connectivity index (χ4v) is 2.06. The molecule has 0 radical (unpaired) electrons. The van der Waals surface area contributed by atoms with E-state index >= 15 is 0 Å². The van der Waals surface area contributed by atoms with Gasteiger partial charge in [-0.3, -0.25) is 0 Å². The van der Waals surface area contributed by atoms with Crippen molar-refractivity contribution < 1.29 is 5.11 Å². The second-order valence-electron chi connectivity index (χ2n) is 4.36. The summed E-state index contributed by atoms with van der Waals surface area (Å²) in [6.45, 7) is 9.48. The van der Waals surface area contributed by atoms with Gasteiger partial charge in [0.2, 0.25) is 0 Å². The summed E-state index contributed by atoms with van der Waals surface area (Å²) in [4.78, 5) is 2.31. The van der Waals surface area contributed by atoms with Gasteiger partial charge in [0.15, 0.2) is 0 Å². The van der Waals surface area contributed by atoms with Gasteiger partial charge >= 0.3 is 0 Å². The van der Waals surface area contributed by atoms with E-state index in [1.54, 1.807) is 0 Å². The summed E-state index contributed by atoms with van der Waals surface area (Å²) < 4.78 is 0. The SMILES string of the molecule is CC[C@H](O)c1ccccc1N(CC)C(C)C. The number of hydrogen-bond donors (Lipinski definition) is 1. The Morgan fingerprint density at radius 2 is 1.81 bits per heavy atom. The summed E-state index contributed by atoms with van der Waals surface area (Å²) in [5.41, 5.74) is 2.20. The first-order chi connectivity index (χ1) is 7.61. The third-order valence-electron chi connectivity index (χ3n) is 2.96. The predicted molar refractivity (Wildman–Crippen MR) is 69.8 cm³/mol. The maximum atomic E-state index is 10.0. The minimum atomic E-state index is -0.357. The van der Waals surface area contributed by atoms with E-state index in [1.807, 2.05) is 25.1 Å². The number of para-hydroxylation sites is 1. The molecule has 0 amide bonds. The minimum absolute atomic E-state index is 0.357. The third kappa shape index (κ3) is 2.76. The number of rotatable bonds is 5. The van der Waals surface area contributed by atoms with E-state index in [9.17, 15) is 5.11 Å². The van der Waals surface area contributed by atoms with Crippen LogP contribution < -0.4 is 4.90 Å². The number of aliphatic hydroxyl groups excluding tert-OH is 1. The minimum Gasteiger partial charge on any atom is -0.388 e. The molecule has 16 heavy (non-hydrogen) atoms. The summed E-state index contributed by atoms with van der Waals surface area (Å²) in [5.74, 6) is 0. The lowest BCUT2D eigenvalue weighted by molar-refractivity contribution is 0.174. The van der Waals surface area contributed by atoms with Gasteiger partial charge in [0.25, 0.3) is 0 Å². The van der Waals surface area contributed by atoms with Crippen molar-refractivity contribution in [2.75, 3.05) is 11.4 Å². The second-order valence-corrected chi connectivity index (χ2v) is 4.36. The van der Waals surface area contributed by atoms with Crippen molar-refractivity contribution in [2.45, 2.75) is 46.3 Å². The van der Waals surface area contributed by atoms with Crippen LogP contribution >= 0.6 is 0 Å². The zero-order valence-corrected chi connectivity index (χ0v) is 10.8. The number of aliphatic hydroxyl groups is 1. The van der Waals surface area contributed by atoms with Gasteiger partial charge in [-0.1, -0.05) is 25.1 Å². The van der Waals surface area contributed by atoms with Crippen molar-refractivity contribution in [3.63, 3.8) is 0 Å². The van der Waals surface area contributed by atoms with E-state index in [0.717, 1.165) is 24.2 Å². The molecule has 2 heteroatoms. The van der Waals surface area contributed by atoms with E-state index in [-0.39, 0.29) is 6.10 Å². The Labute approximate surface area is 98.9 Å². The van der Waals surface area contributed by atoms with E-state index in [4.69, 9.17) is 0 Å². The number of hydrogen-bond acceptors (Lipinski definition) is 2. The van der Waals surface area contributed by atoms with E-state index in [2.05, 4.69) is 31.7 Å². The Morgan fingerprint density at radius 1 is 1.19 bits per heavy atom. The van der Waals surface area contributed by atoms with Crippen molar-refractivity contribution in [1.82, 2.24) is 0 Å². The third-order valence-corrected chi connectivity index (χ3v) is 2.96. The fraction of sp³-hybridized carbons (Fsp3) is 0.571. The van der Waals surface area contributed by atoms with Gasteiger partial charge in [-0.2, -0.15) is 0 Å². The highest BCUT2D eigenvalue weighted by molar-refractivity contribution is 5.55. The smallest absolute Gasteiger partial charge is 0.0807 e. The average molecular weight is 221 g/mol. The van der Waals surface area contributed by atoms with Crippen LogP contribution in [0.15, 0.2) is 24.3 Å². The Bertz CT molecular complexity index is 322. The molecule has 0 heterocycles. The molecule has 0 spiro atoms. The van der Waals surface area contributed by atoms with Gasteiger partial charge < -0.3 is 10.0 Å². The van der Waals surface area contributed by atoms with Crippen molar-refractivity contribution in [2.24, 2.45) is 0 Å². The van der Waals surface area contributed by atoms with Crippen LogP contribution in [0.2, 0.25) is 0 Å². The molecule has 1 aromatic rings. The summed E-state index contributed by atoms with van der Waals surface area (Å²) in [6, 6.07) is 8.60. The first-order valence-electron chi connectivity index (χ1n) is 6.15. The Hall–Kier alpha value is -1.02. The molecule has 0 aromatic heterocycles. The molecule has 2 nitrogen and oxygen atoms in total. The molecule has 1 N–H and O–H groups in total. The van der Waals surface area contributed by atoms with E-state index in [1.165, 1.54) is 0 Å². The quantitative estimate of drug-likeness (QED) is 0.824. The number of benzene rings is 1. The fourth-order valence-electron chi connectivity index (χ4n) is 2.06. The molecule has 90 valence electrons. The monoisotopic (exact) mass is 221 g/mol. The van der Waals surface area contributed by atoms with Crippen LogP contribution in [-0.4, -0.2) is 17.7 Å². The topological polar surface area (TPSA) is 23.5 Å². The normalized spacial score (nSPS) is 12.9. The summed E-state index contributed by atoms with van der Waals surface area (Å²) in [6.07, 6.45) is 0.399. The van der Waals surface area contributed by atoms with E-state index < -0.39 is 0 Å². The lowest BCUT2D eigenvalue weighted by Gasteiger charge is -2.30. The highest BCUT2D eigenvalue weighted by Crippen LogP contribution is 2.29. The summed E-state index contributed by atoms with van der Waals surface area (Å²) in [5, 5.41) is 10.0. The molecule has 1 rings (SSSR count). The molecule has 0 aliphatic rings. The van der Waals surface area contributed by atoms with Crippen LogP contribution in [0.5, 0.6) is 0 Å². The average Bonchev–Trinajstić information content (AvgIpc) is 2.29. The standard InChI is InChI=1S/C14H23NO/c1-5-14(16)12-9-7-8-10-13(12)15(6-2)11(3)4/h7-11,14,16H,5-6H2,1-4H3/t14-/m0/s1. The maximum Gasteiger partial charge on any atom is 0.0807 e. The van der Waals surface area contributed by atoms with Crippen molar-refractivity contribution in [3.05, 3.63) is 29.8 Å². The highest BCUT2D eigenvalue weighted by Gasteiger charge is 2.16. The highest BCUT2D eigenvalue weighted by atomic mass is 16.3. The van der Waals surface area contributed by atoms with E-state index in [0.29, 0.717) is 6.04 Å². The van der Waals surface area contributed by atoms with Gasteiger partial charge in [-0.05, 0) is 33.3 Å². The van der Waals surface area contributed by atoms with Gasteiger partial charge in [0.05, 0.1) is 6.10 Å². The van der Waals surface area contributed by atoms with Gasteiger partial charge in [-0.15, -0.1) is 0 Å². The Kier molecular flexibility index (Phi) is 4.81. The molecule has 0 saturated heterocycles. The molecule has 0 saturated carbocycles. The Balaban J connectivity index is 3.11. The van der Waals surface area contributed by atoms with Crippen LogP contribution in [0.25, 0.3) is 0 Å². The van der Waals surface area contributed by atoms with Crippen molar-refractivity contribution in [1.29, 1.82) is 0 Å². The molecule has 0 bridgehead atoms. The Morgan fingerprint density at radius 3 is 2.31 bits per heavy atom. The predicted octanol–water partition coefficient (Wildman–Crippen LogP) is 3.36. The molecule has 1 aromatic carbocycles. The largest absolute Gasteiger partial charge is 0.388 e. The molecule has 0 aliphatic carbocycles. The first-order valence-corrected chi connectivity index (χ1v) is 6.15. The summed E-state index contributed by atoms with van der Waals surface area (Å²) in [7, 11) is 0. The lowest BCUT2D eigenvalue weighted by Crippen LogP contribution is -2.31. The summed E-state index contributed by atoms with van der Waals surface area (Å²) >= 11 is 0. The molecule has 0 fully saturated rings. The van der Waals surface area contributed by atoms with Gasteiger partial charge in [-0.25, -0.2) is 0 Å². The first kappa shape index (κ1) is 13.0. The van der Waals surface area contributed by atoms with Crippen LogP contribution in [-0.2, 0) is 0 Å². The molecule has 0 aliphatic heterocycles. The lowest BCUT2D eigenvalue weighted by atomic mass is 10.0. The molecule has 0 unspecified atom stereocenters. The molecule has 1 atom stereocenters.